The van der Waals surface area contributed by atoms with Gasteiger partial charge >= 0.3 is 0 Å². The van der Waals surface area contributed by atoms with E-state index in [2.05, 4.69) is 38.2 Å². The molecule has 0 amide bonds. The maximum atomic E-state index is 6.26. The van der Waals surface area contributed by atoms with E-state index in [1.807, 2.05) is 0 Å². The number of ether oxygens (including phenoxy) is 1. The van der Waals surface area contributed by atoms with Crippen molar-refractivity contribution in [3.8, 4) is 5.75 Å². The first-order chi connectivity index (χ1) is 9.20. The van der Waals surface area contributed by atoms with Crippen molar-refractivity contribution in [3.05, 3.63) is 28.8 Å². The topological polar surface area (TPSA) is 21.3 Å². The fourth-order valence-electron chi connectivity index (χ4n) is 2.95. The summed E-state index contributed by atoms with van der Waals surface area (Å²) >= 11 is 0. The van der Waals surface area contributed by atoms with Gasteiger partial charge in [0.2, 0.25) is 0 Å². The molecule has 2 rings (SSSR count). The molecular formula is C17H27NO. The number of hydrogen-bond acceptors (Lipinski definition) is 2. The van der Waals surface area contributed by atoms with Gasteiger partial charge in [0, 0.05) is 6.54 Å². The Hall–Kier alpha value is -1.02. The lowest BCUT2D eigenvalue weighted by molar-refractivity contribution is 0.153. The largest absolute Gasteiger partial charge is 0.490 e. The third kappa shape index (κ3) is 3.97. The van der Waals surface area contributed by atoms with Crippen LogP contribution in [-0.2, 0) is 6.54 Å². The van der Waals surface area contributed by atoms with E-state index in [9.17, 15) is 0 Å². The van der Waals surface area contributed by atoms with Crippen LogP contribution in [-0.4, -0.2) is 12.6 Å². The van der Waals surface area contributed by atoms with Gasteiger partial charge in [-0.05, 0) is 62.8 Å². The summed E-state index contributed by atoms with van der Waals surface area (Å²) in [6, 6.07) is 4.52. The molecule has 0 aliphatic heterocycles. The minimum atomic E-state index is 0.436. The number of hydrogen-bond donors (Lipinski definition) is 1. The molecule has 106 valence electrons. The molecule has 0 saturated heterocycles. The Morgan fingerprint density at radius 3 is 2.32 bits per heavy atom. The molecule has 1 aromatic rings. The summed E-state index contributed by atoms with van der Waals surface area (Å²) in [5, 5.41) is 3.38. The lowest BCUT2D eigenvalue weighted by Gasteiger charge is -2.25. The molecule has 1 aromatic carbocycles. The van der Waals surface area contributed by atoms with Crippen molar-refractivity contribution in [3.63, 3.8) is 0 Å². The van der Waals surface area contributed by atoms with Crippen LogP contribution >= 0.6 is 0 Å². The highest BCUT2D eigenvalue weighted by Gasteiger charge is 2.17. The summed E-state index contributed by atoms with van der Waals surface area (Å²) in [6.07, 6.45) is 6.89. The first-order valence-corrected chi connectivity index (χ1v) is 7.68. The highest BCUT2D eigenvalue weighted by molar-refractivity contribution is 5.43. The minimum absolute atomic E-state index is 0.436. The third-order valence-corrected chi connectivity index (χ3v) is 3.94. The van der Waals surface area contributed by atoms with Crippen LogP contribution in [0, 0.1) is 13.8 Å². The molecule has 0 bridgehead atoms. The van der Waals surface area contributed by atoms with Gasteiger partial charge in [-0.2, -0.15) is 0 Å². The van der Waals surface area contributed by atoms with Crippen molar-refractivity contribution < 1.29 is 4.74 Å². The molecule has 0 spiro atoms. The number of benzene rings is 1. The van der Waals surface area contributed by atoms with E-state index in [0.29, 0.717) is 6.10 Å². The highest BCUT2D eigenvalue weighted by atomic mass is 16.5. The Morgan fingerprint density at radius 1 is 1.11 bits per heavy atom. The molecule has 0 atom stereocenters. The van der Waals surface area contributed by atoms with Crippen LogP contribution in [0.5, 0.6) is 5.75 Å². The van der Waals surface area contributed by atoms with Gasteiger partial charge < -0.3 is 10.1 Å². The SMILES string of the molecule is CCNCc1cc(C)c(OC2CCCCC2)c(C)c1. The zero-order chi connectivity index (χ0) is 13.7. The fraction of sp³-hybridized carbons (Fsp3) is 0.647. The van der Waals surface area contributed by atoms with Crippen LogP contribution in [0.2, 0.25) is 0 Å². The second-order valence-corrected chi connectivity index (χ2v) is 5.72. The Bertz CT molecular complexity index is 385. The Labute approximate surface area is 117 Å². The van der Waals surface area contributed by atoms with E-state index in [-0.39, 0.29) is 0 Å². The van der Waals surface area contributed by atoms with E-state index in [0.717, 1.165) is 18.8 Å². The summed E-state index contributed by atoms with van der Waals surface area (Å²) in [5.41, 5.74) is 3.91. The fourth-order valence-corrected chi connectivity index (χ4v) is 2.95. The van der Waals surface area contributed by atoms with Crippen molar-refractivity contribution in [2.45, 2.75) is 65.5 Å². The van der Waals surface area contributed by atoms with Gasteiger partial charge in [-0.25, -0.2) is 0 Å². The zero-order valence-electron chi connectivity index (χ0n) is 12.6. The van der Waals surface area contributed by atoms with Gasteiger partial charge in [-0.3, -0.25) is 0 Å². The summed E-state index contributed by atoms with van der Waals surface area (Å²) in [4.78, 5) is 0. The number of aryl methyl sites for hydroxylation is 2. The smallest absolute Gasteiger partial charge is 0.125 e. The van der Waals surface area contributed by atoms with Gasteiger partial charge in [-0.1, -0.05) is 25.5 Å². The Morgan fingerprint density at radius 2 is 1.74 bits per heavy atom. The van der Waals surface area contributed by atoms with Crippen molar-refractivity contribution in [1.82, 2.24) is 5.32 Å². The van der Waals surface area contributed by atoms with Crippen molar-refractivity contribution >= 4 is 0 Å². The van der Waals surface area contributed by atoms with E-state index in [1.54, 1.807) is 0 Å². The van der Waals surface area contributed by atoms with Gasteiger partial charge in [0.1, 0.15) is 5.75 Å². The number of rotatable bonds is 5. The Kier molecular flexibility index (Phi) is 5.26. The molecule has 1 aliphatic carbocycles. The molecule has 1 saturated carbocycles. The van der Waals surface area contributed by atoms with E-state index < -0.39 is 0 Å². The molecule has 1 aliphatic rings. The maximum Gasteiger partial charge on any atom is 0.125 e. The van der Waals surface area contributed by atoms with E-state index in [4.69, 9.17) is 4.74 Å². The summed E-state index contributed by atoms with van der Waals surface area (Å²) in [6.45, 7) is 8.43. The molecular weight excluding hydrogens is 234 g/mol. The van der Waals surface area contributed by atoms with Gasteiger partial charge in [-0.15, -0.1) is 0 Å². The molecule has 1 fully saturated rings. The molecule has 2 nitrogen and oxygen atoms in total. The average Bonchev–Trinajstić information content (AvgIpc) is 2.42. The average molecular weight is 261 g/mol. The van der Waals surface area contributed by atoms with E-state index in [1.165, 1.54) is 48.8 Å². The summed E-state index contributed by atoms with van der Waals surface area (Å²) in [5.74, 6) is 1.12. The van der Waals surface area contributed by atoms with Crippen LogP contribution in [0.4, 0.5) is 0 Å². The van der Waals surface area contributed by atoms with Crippen LogP contribution in [0.3, 0.4) is 0 Å². The first-order valence-electron chi connectivity index (χ1n) is 7.68. The van der Waals surface area contributed by atoms with Crippen LogP contribution < -0.4 is 10.1 Å². The van der Waals surface area contributed by atoms with Crippen LogP contribution in [0.15, 0.2) is 12.1 Å². The van der Waals surface area contributed by atoms with Gasteiger partial charge in [0.15, 0.2) is 0 Å². The minimum Gasteiger partial charge on any atom is -0.490 e. The Balaban J connectivity index is 2.07. The molecule has 0 unspecified atom stereocenters. The predicted octanol–water partition coefficient (Wildman–Crippen LogP) is 4.12. The van der Waals surface area contributed by atoms with Crippen molar-refractivity contribution in [1.29, 1.82) is 0 Å². The third-order valence-electron chi connectivity index (χ3n) is 3.94. The molecule has 0 aromatic heterocycles. The maximum absolute atomic E-state index is 6.26. The van der Waals surface area contributed by atoms with Gasteiger partial charge in [0.25, 0.3) is 0 Å². The lowest BCUT2D eigenvalue weighted by atomic mass is 9.97. The zero-order valence-corrected chi connectivity index (χ0v) is 12.6. The summed E-state index contributed by atoms with van der Waals surface area (Å²) in [7, 11) is 0. The van der Waals surface area contributed by atoms with Crippen molar-refractivity contribution in [2.75, 3.05) is 6.54 Å². The molecule has 2 heteroatoms. The van der Waals surface area contributed by atoms with Gasteiger partial charge in [0.05, 0.1) is 6.10 Å². The second kappa shape index (κ2) is 6.95. The standard InChI is InChI=1S/C17H27NO/c1-4-18-12-15-10-13(2)17(14(3)11-15)19-16-8-6-5-7-9-16/h10-11,16,18H,4-9,12H2,1-3H3. The van der Waals surface area contributed by atoms with Crippen molar-refractivity contribution in [2.24, 2.45) is 0 Å². The number of nitrogens with one attached hydrogen (secondary N) is 1. The monoisotopic (exact) mass is 261 g/mol. The second-order valence-electron chi connectivity index (χ2n) is 5.72. The summed E-state index contributed by atoms with van der Waals surface area (Å²) < 4.78 is 6.26. The molecule has 0 heterocycles. The van der Waals surface area contributed by atoms with Crippen LogP contribution in [0.1, 0.15) is 55.7 Å². The molecule has 19 heavy (non-hydrogen) atoms. The molecule has 1 N–H and O–H groups in total. The van der Waals surface area contributed by atoms with Crippen LogP contribution in [0.25, 0.3) is 0 Å². The quantitative estimate of drug-likeness (QED) is 0.860. The molecule has 0 radical (unpaired) electrons. The van der Waals surface area contributed by atoms with E-state index >= 15 is 0 Å². The first kappa shape index (κ1) is 14.4. The normalized spacial score (nSPS) is 16.6. The predicted molar refractivity (Wildman–Crippen MR) is 80.8 cm³/mol. The lowest BCUT2D eigenvalue weighted by Crippen LogP contribution is -2.20. The highest BCUT2D eigenvalue weighted by Crippen LogP contribution is 2.29.